The molecule has 9 heteroatoms. The number of unbranched alkanes of at least 4 members (excludes halogenated alkanes) is 52. The SMILES string of the molecule is CCCCCCCCCCCCCCCCc1cc(S(=O)(=O)[O-])c2c(CCCCCCCCCCCCCCCC)cccc2c1.CCCCCCCCCCCCCCCCc1cc(S(=O)(=O)[O-])c2c(CCCCCCCCCCCCCCCC)cccc2c1.[Ba+2]. The molecule has 0 radical (unpaired) electrons. The van der Waals surface area contributed by atoms with Gasteiger partial charge in [0.2, 0.25) is 0 Å². The van der Waals surface area contributed by atoms with Crippen molar-refractivity contribution < 1.29 is 25.9 Å². The van der Waals surface area contributed by atoms with Gasteiger partial charge in [0.05, 0.1) is 9.79 Å². The van der Waals surface area contributed by atoms with Gasteiger partial charge in [-0.1, -0.05) is 410 Å². The standard InChI is InChI=1S/2C42H72O3S.Ba/c2*1-3-5-7-9-11-13-15-17-19-21-23-25-27-29-32-38-36-40-35-31-34-39(42(40)41(37-38)46(43,44)45)33-30-28-26-24-22-20-18-16-14-12-10-8-6-4-2;/h2*31,34-37H,3-30,32-33H2,1-2H3,(H,43,44,45);/q;;+2/p-2. The van der Waals surface area contributed by atoms with Crippen LogP contribution in [0.2, 0.25) is 0 Å². The van der Waals surface area contributed by atoms with Gasteiger partial charge in [-0.2, -0.15) is 0 Å². The Hall–Kier alpha value is -1.21. The zero-order chi connectivity index (χ0) is 66.3. The third kappa shape index (κ3) is 44.5. The van der Waals surface area contributed by atoms with Crippen molar-refractivity contribution in [2.24, 2.45) is 0 Å². The Morgan fingerprint density at radius 1 is 0.247 bits per heavy atom. The minimum atomic E-state index is -4.54. The fourth-order valence-corrected chi connectivity index (χ4v) is 15.8. The number of hydrogen-bond acceptors (Lipinski definition) is 6. The first-order valence-corrected chi connectivity index (χ1v) is 42.8. The summed E-state index contributed by atoms with van der Waals surface area (Å²) in [4.78, 5) is -0.0161. The van der Waals surface area contributed by atoms with E-state index in [2.05, 4.69) is 39.8 Å². The van der Waals surface area contributed by atoms with Crippen molar-refractivity contribution in [3.05, 3.63) is 82.9 Å². The van der Waals surface area contributed by atoms with E-state index in [0.717, 1.165) is 110 Å². The summed E-state index contributed by atoms with van der Waals surface area (Å²) in [5, 5.41) is 3.13. The van der Waals surface area contributed by atoms with Gasteiger partial charge >= 0.3 is 48.9 Å². The summed E-state index contributed by atoms with van der Waals surface area (Å²) in [6.07, 6.45) is 77.3. The van der Waals surface area contributed by atoms with Gasteiger partial charge in [0.15, 0.2) is 0 Å². The average Bonchev–Trinajstić information content (AvgIpc) is 0.809. The summed E-state index contributed by atoms with van der Waals surface area (Å²) in [5.41, 5.74) is 3.98. The van der Waals surface area contributed by atoms with E-state index in [0.29, 0.717) is 10.8 Å². The van der Waals surface area contributed by atoms with Crippen LogP contribution in [0.5, 0.6) is 0 Å². The van der Waals surface area contributed by atoms with Gasteiger partial charge < -0.3 is 9.11 Å². The number of hydrogen-bond donors (Lipinski definition) is 0. The van der Waals surface area contributed by atoms with Crippen LogP contribution in [0, 0.1) is 0 Å². The first-order valence-electron chi connectivity index (χ1n) is 39.9. The van der Waals surface area contributed by atoms with Crippen LogP contribution < -0.4 is 0 Å². The molecule has 0 atom stereocenters. The molecule has 0 aliphatic carbocycles. The molecule has 0 unspecified atom stereocenters. The minimum absolute atomic E-state index is 0. The summed E-state index contributed by atoms with van der Waals surface area (Å²) in [6.45, 7) is 9.10. The van der Waals surface area contributed by atoms with Gasteiger partial charge in [0.25, 0.3) is 0 Å². The Bertz CT molecular complexity index is 2430. The van der Waals surface area contributed by atoms with Gasteiger partial charge in [-0.05, 0) is 96.5 Å². The summed E-state index contributed by atoms with van der Waals surface area (Å²) in [6, 6.07) is 19.7. The number of rotatable bonds is 62. The van der Waals surface area contributed by atoms with E-state index in [1.807, 2.05) is 36.4 Å². The molecular formula is C84H142BaO6S2. The molecule has 528 valence electrons. The van der Waals surface area contributed by atoms with E-state index in [-0.39, 0.29) is 58.7 Å². The van der Waals surface area contributed by atoms with Crippen LogP contribution in [-0.2, 0) is 45.9 Å². The van der Waals surface area contributed by atoms with Gasteiger partial charge in [-0.25, -0.2) is 16.8 Å². The maximum atomic E-state index is 12.4. The van der Waals surface area contributed by atoms with E-state index in [1.165, 1.54) is 308 Å². The van der Waals surface area contributed by atoms with Crippen molar-refractivity contribution in [2.75, 3.05) is 0 Å². The second-order valence-electron chi connectivity index (χ2n) is 28.5. The second-order valence-corrected chi connectivity index (χ2v) is 31.2. The topological polar surface area (TPSA) is 114 Å². The van der Waals surface area contributed by atoms with E-state index >= 15 is 0 Å². The molecule has 0 bridgehead atoms. The van der Waals surface area contributed by atoms with Crippen molar-refractivity contribution >= 4 is 90.7 Å². The molecule has 0 amide bonds. The largest absolute Gasteiger partial charge is 2.00 e. The van der Waals surface area contributed by atoms with Crippen LogP contribution in [0.1, 0.15) is 410 Å². The van der Waals surface area contributed by atoms with Gasteiger partial charge in [-0.3, -0.25) is 0 Å². The molecule has 4 rings (SSSR count). The number of fused-ring (bicyclic) bond motifs is 2. The predicted octanol–water partition coefficient (Wildman–Crippen LogP) is 27.2. The molecule has 0 fully saturated rings. The molecule has 0 saturated heterocycles. The smallest absolute Gasteiger partial charge is 0.744 e. The first-order chi connectivity index (χ1) is 44.9. The third-order valence-electron chi connectivity index (χ3n) is 19.9. The van der Waals surface area contributed by atoms with Crippen LogP contribution in [-0.4, -0.2) is 74.8 Å². The maximum Gasteiger partial charge on any atom is 2.00 e. The summed E-state index contributed by atoms with van der Waals surface area (Å²) in [5.74, 6) is 0. The maximum absolute atomic E-state index is 12.4. The molecule has 0 aliphatic heterocycles. The van der Waals surface area contributed by atoms with Crippen molar-refractivity contribution in [1.82, 2.24) is 0 Å². The quantitative estimate of drug-likeness (QED) is 0.0247. The van der Waals surface area contributed by atoms with E-state index < -0.39 is 20.2 Å². The third-order valence-corrected chi connectivity index (χ3v) is 21.7. The molecule has 0 spiro atoms. The van der Waals surface area contributed by atoms with Gasteiger partial charge in [-0.15, -0.1) is 0 Å². The Labute approximate surface area is 616 Å². The normalized spacial score (nSPS) is 11.8. The van der Waals surface area contributed by atoms with Gasteiger partial charge in [0.1, 0.15) is 20.2 Å². The van der Waals surface area contributed by atoms with Crippen molar-refractivity contribution in [2.45, 2.75) is 423 Å². The van der Waals surface area contributed by atoms with Crippen molar-refractivity contribution in [3.8, 4) is 0 Å². The van der Waals surface area contributed by atoms with Crippen molar-refractivity contribution in [3.63, 3.8) is 0 Å². The zero-order valence-corrected chi connectivity index (χ0v) is 67.2. The average molecular weight is 1450 g/mol. The van der Waals surface area contributed by atoms with Crippen LogP contribution in [0.15, 0.2) is 70.5 Å². The molecule has 0 aromatic heterocycles. The van der Waals surface area contributed by atoms with E-state index in [9.17, 15) is 25.9 Å². The molecule has 93 heavy (non-hydrogen) atoms. The Morgan fingerprint density at radius 2 is 0.430 bits per heavy atom. The van der Waals surface area contributed by atoms with Crippen LogP contribution >= 0.6 is 0 Å². The molecule has 0 N–H and O–H groups in total. The number of benzene rings is 4. The fourth-order valence-electron chi connectivity index (χ4n) is 14.2. The predicted molar refractivity (Wildman–Crippen MR) is 406 cm³/mol. The van der Waals surface area contributed by atoms with Gasteiger partial charge in [0, 0.05) is 10.8 Å². The molecule has 6 nitrogen and oxygen atoms in total. The molecular weight excluding hydrogens is 1310 g/mol. The summed E-state index contributed by atoms with van der Waals surface area (Å²) in [7, 11) is -9.08. The number of aryl methyl sites for hydroxylation is 4. The molecule has 0 heterocycles. The van der Waals surface area contributed by atoms with Crippen LogP contribution in [0.25, 0.3) is 21.5 Å². The Balaban J connectivity index is 0.000000627. The zero-order valence-electron chi connectivity index (χ0n) is 61.2. The molecule has 0 aliphatic rings. The van der Waals surface area contributed by atoms with Crippen LogP contribution in [0.4, 0.5) is 0 Å². The monoisotopic (exact) mass is 1450 g/mol. The van der Waals surface area contributed by atoms with Crippen molar-refractivity contribution in [1.29, 1.82) is 0 Å². The minimum Gasteiger partial charge on any atom is -0.744 e. The first kappa shape index (κ1) is 87.9. The summed E-state index contributed by atoms with van der Waals surface area (Å²) < 4.78 is 74.4. The van der Waals surface area contributed by atoms with E-state index in [4.69, 9.17) is 0 Å². The van der Waals surface area contributed by atoms with E-state index in [1.54, 1.807) is 12.1 Å². The Morgan fingerprint density at radius 3 is 0.624 bits per heavy atom. The second kappa shape index (κ2) is 59.6. The molecule has 4 aromatic rings. The summed E-state index contributed by atoms with van der Waals surface area (Å²) >= 11 is 0. The fraction of sp³-hybridized carbons (Fsp3) is 0.762. The van der Waals surface area contributed by atoms with Crippen LogP contribution in [0.3, 0.4) is 0 Å². The Kier molecular flexibility index (Phi) is 56.4. The molecule has 4 aromatic carbocycles. The molecule has 0 saturated carbocycles.